The molecular formula is C34H76N2O2+2. The number of carbonyl (C=O) groups excluding carboxylic acids is 1. The van der Waals surface area contributed by atoms with Crippen LogP contribution in [0.5, 0.6) is 0 Å². The Bertz CT molecular complexity index is 331. The minimum atomic E-state index is -0.361. The normalized spacial score (nSPS) is 11.4. The Morgan fingerprint density at radius 3 is 0.605 bits per heavy atom. The van der Waals surface area contributed by atoms with E-state index >= 15 is 0 Å². The number of quaternary nitrogens is 2. The van der Waals surface area contributed by atoms with Crippen LogP contribution in [0.3, 0.4) is 0 Å². The average Bonchev–Trinajstić information content (AvgIpc) is 2.96. The summed E-state index contributed by atoms with van der Waals surface area (Å²) >= 11 is 0. The summed E-state index contributed by atoms with van der Waals surface area (Å²) in [6.45, 7) is 29.7. The van der Waals surface area contributed by atoms with Crippen LogP contribution in [0.1, 0.15) is 158 Å². The van der Waals surface area contributed by atoms with E-state index in [9.17, 15) is 0 Å². The van der Waals surface area contributed by atoms with Gasteiger partial charge in [0, 0.05) is 0 Å². The highest BCUT2D eigenvalue weighted by Gasteiger charge is 2.25. The van der Waals surface area contributed by atoms with E-state index in [1.54, 1.807) is 0 Å². The zero-order valence-corrected chi connectivity index (χ0v) is 28.0. The first kappa shape index (κ1) is 42.0. The lowest BCUT2D eigenvalue weighted by Crippen LogP contribution is -2.50. The largest absolute Gasteiger partial charge is 0.389 e. The lowest BCUT2D eigenvalue weighted by Gasteiger charge is -2.39. The third kappa shape index (κ3) is 25.8. The number of nitrogens with zero attached hydrogens (tertiary/aromatic N) is 2. The number of unbranched alkanes of at least 4 members (excludes halogenated alkanes) is 8. The van der Waals surface area contributed by atoms with Crippen molar-refractivity contribution in [1.82, 2.24) is 0 Å². The molecule has 0 saturated carbocycles. The molecule has 0 aromatic heterocycles. The first-order valence-corrected chi connectivity index (χ1v) is 17.1. The Morgan fingerprint density at radius 2 is 0.526 bits per heavy atom. The van der Waals surface area contributed by atoms with Crippen LogP contribution in [0.2, 0.25) is 0 Å². The van der Waals surface area contributed by atoms with Crippen LogP contribution in [0, 0.1) is 0 Å². The van der Waals surface area contributed by atoms with Gasteiger partial charge in [-0.25, -0.2) is 0 Å². The topological polar surface area (TPSA) is 37.3 Å². The molecule has 0 atom stereocenters. The van der Waals surface area contributed by atoms with Gasteiger partial charge < -0.3 is 18.9 Å². The first-order valence-electron chi connectivity index (χ1n) is 17.1. The molecular weight excluding hydrogens is 468 g/mol. The molecule has 0 amide bonds. The van der Waals surface area contributed by atoms with Gasteiger partial charge in [0.25, 0.3) is 0 Å². The van der Waals surface area contributed by atoms with Gasteiger partial charge in [-0.1, -0.05) is 107 Å². The van der Waals surface area contributed by atoms with E-state index < -0.39 is 0 Å². The minimum Gasteiger partial charge on any atom is -0.389 e. The molecule has 0 saturated heterocycles. The molecule has 0 aliphatic rings. The van der Waals surface area contributed by atoms with Gasteiger partial charge in [0.15, 0.2) is 0 Å². The summed E-state index contributed by atoms with van der Waals surface area (Å²) in [5, 5.41) is 7.51. The molecule has 0 radical (unpaired) electrons. The van der Waals surface area contributed by atoms with Crippen molar-refractivity contribution in [3.63, 3.8) is 0 Å². The Labute approximate surface area is 242 Å². The second-order valence-electron chi connectivity index (χ2n) is 11.6. The van der Waals surface area contributed by atoms with Crippen LogP contribution in [-0.4, -0.2) is 79.3 Å². The van der Waals surface area contributed by atoms with E-state index in [0.717, 1.165) is 0 Å². The van der Waals surface area contributed by atoms with Crippen LogP contribution in [0.4, 0.5) is 0 Å². The zero-order valence-electron chi connectivity index (χ0n) is 28.0. The maximum Gasteiger partial charge on any atom is 0.145 e. The molecule has 0 spiro atoms. The molecule has 232 valence electrons. The molecule has 4 heteroatoms. The van der Waals surface area contributed by atoms with Gasteiger partial charge in [0.2, 0.25) is 0 Å². The lowest BCUT2D eigenvalue weighted by atomic mass is 10.1. The second-order valence-corrected chi connectivity index (χ2v) is 11.6. The Hall–Kier alpha value is -0.450. The third-order valence-corrected chi connectivity index (χ3v) is 7.96. The number of aliphatic hydroxyl groups excluding tert-OH is 1. The molecule has 38 heavy (non-hydrogen) atoms. The van der Waals surface area contributed by atoms with Crippen LogP contribution < -0.4 is 0 Å². The van der Waals surface area contributed by atoms with Crippen LogP contribution >= 0.6 is 0 Å². The van der Waals surface area contributed by atoms with Crippen molar-refractivity contribution in [2.45, 2.75) is 158 Å². The predicted octanol–water partition coefficient (Wildman–Crippen LogP) is 9.18. The van der Waals surface area contributed by atoms with Crippen LogP contribution in [0.25, 0.3) is 0 Å². The van der Waals surface area contributed by atoms with Gasteiger partial charge in [-0.05, 0) is 51.4 Å². The Morgan fingerprint density at radius 1 is 0.395 bits per heavy atom. The van der Waals surface area contributed by atoms with Crippen molar-refractivity contribution in [1.29, 1.82) is 0 Å². The molecule has 0 fully saturated rings. The summed E-state index contributed by atoms with van der Waals surface area (Å²) in [4.78, 5) is 8.92. The lowest BCUT2D eigenvalue weighted by molar-refractivity contribution is -0.929. The van der Waals surface area contributed by atoms with E-state index in [1.165, 1.54) is 164 Å². The fourth-order valence-corrected chi connectivity index (χ4v) is 5.29. The van der Waals surface area contributed by atoms with Crippen molar-refractivity contribution in [2.24, 2.45) is 0 Å². The van der Waals surface area contributed by atoms with Crippen LogP contribution in [-0.2, 0) is 4.79 Å². The SMILES string of the molecule is CCCC[N+](CCCC)(CCCC)CCCC.CCCC[N+](CCCC)(CCCC)CCCC.O=CCO. The Balaban J connectivity index is -0.000000564. The van der Waals surface area contributed by atoms with Gasteiger partial charge in [0.1, 0.15) is 6.29 Å². The van der Waals surface area contributed by atoms with E-state index in [4.69, 9.17) is 9.90 Å². The smallest absolute Gasteiger partial charge is 0.145 e. The molecule has 0 heterocycles. The molecule has 0 aliphatic heterocycles. The molecule has 0 bridgehead atoms. The van der Waals surface area contributed by atoms with Crippen molar-refractivity contribution in [3.8, 4) is 0 Å². The summed E-state index contributed by atoms with van der Waals surface area (Å²) in [5.74, 6) is 0. The van der Waals surface area contributed by atoms with E-state index in [-0.39, 0.29) is 6.61 Å². The van der Waals surface area contributed by atoms with Crippen molar-refractivity contribution >= 4 is 6.29 Å². The highest BCUT2D eigenvalue weighted by atomic mass is 16.3. The third-order valence-electron chi connectivity index (χ3n) is 7.96. The molecule has 0 aromatic carbocycles. The van der Waals surface area contributed by atoms with Gasteiger partial charge in [0.05, 0.1) is 59.0 Å². The maximum atomic E-state index is 8.92. The minimum absolute atomic E-state index is 0.361. The van der Waals surface area contributed by atoms with E-state index in [0.29, 0.717) is 6.29 Å². The molecule has 4 nitrogen and oxygen atoms in total. The number of hydrogen-bond donors (Lipinski definition) is 1. The molecule has 0 aliphatic carbocycles. The van der Waals surface area contributed by atoms with E-state index in [1.807, 2.05) is 0 Å². The first-order chi connectivity index (χ1) is 18.4. The Kier molecular flexibility index (Phi) is 36.2. The quantitative estimate of drug-likeness (QED) is 0.0918. The van der Waals surface area contributed by atoms with Crippen LogP contribution in [0.15, 0.2) is 0 Å². The zero-order chi connectivity index (χ0) is 29.4. The van der Waals surface area contributed by atoms with Crippen molar-refractivity contribution < 1.29 is 18.9 Å². The number of hydrogen-bond acceptors (Lipinski definition) is 2. The van der Waals surface area contributed by atoms with E-state index in [2.05, 4.69) is 55.4 Å². The number of rotatable bonds is 25. The van der Waals surface area contributed by atoms with Gasteiger partial charge in [-0.3, -0.25) is 0 Å². The highest BCUT2D eigenvalue weighted by Crippen LogP contribution is 2.17. The van der Waals surface area contributed by atoms with Gasteiger partial charge in [-0.2, -0.15) is 0 Å². The second kappa shape index (κ2) is 32.8. The highest BCUT2D eigenvalue weighted by molar-refractivity contribution is 5.49. The summed E-state index contributed by atoms with van der Waals surface area (Å²) in [6, 6.07) is 0. The van der Waals surface area contributed by atoms with Gasteiger partial charge in [-0.15, -0.1) is 0 Å². The molecule has 1 N–H and O–H groups in total. The predicted molar refractivity (Wildman–Crippen MR) is 172 cm³/mol. The monoisotopic (exact) mass is 545 g/mol. The number of aldehydes is 1. The van der Waals surface area contributed by atoms with Gasteiger partial charge >= 0.3 is 0 Å². The summed E-state index contributed by atoms with van der Waals surface area (Å²) in [5.41, 5.74) is 0. The molecule has 0 rings (SSSR count). The summed E-state index contributed by atoms with van der Waals surface area (Å²) in [7, 11) is 0. The molecule has 0 aromatic rings. The fourth-order valence-electron chi connectivity index (χ4n) is 5.29. The number of carbonyl (C=O) groups is 1. The standard InChI is InChI=1S/2C16H36N.C2H4O2/c2*1-5-9-13-17(14-10-6-2,15-11-7-3)16-12-8-4;3-1-2-4/h2*5-16H2,1-4H3;1,4H,2H2/q2*+1;. The molecule has 0 unspecified atom stereocenters. The average molecular weight is 545 g/mol. The van der Waals surface area contributed by atoms with Crippen molar-refractivity contribution in [2.75, 3.05) is 59.0 Å². The summed E-state index contributed by atoms with van der Waals surface area (Å²) in [6.07, 6.45) is 22.6. The van der Waals surface area contributed by atoms with Crippen molar-refractivity contribution in [3.05, 3.63) is 0 Å². The number of aliphatic hydroxyl groups is 1. The maximum absolute atomic E-state index is 8.92. The summed E-state index contributed by atoms with van der Waals surface area (Å²) < 4.78 is 2.84. The fraction of sp³-hybridized carbons (Fsp3) is 0.971.